The summed E-state index contributed by atoms with van der Waals surface area (Å²) in [6.45, 7) is 2.54. The molecule has 3 aromatic rings. The van der Waals surface area contributed by atoms with Crippen molar-refractivity contribution in [3.63, 3.8) is 0 Å². The topological polar surface area (TPSA) is 70.7 Å². The van der Waals surface area contributed by atoms with Gasteiger partial charge < -0.3 is 5.32 Å². The van der Waals surface area contributed by atoms with Crippen molar-refractivity contribution >= 4 is 5.91 Å². The molecule has 5 heteroatoms. The van der Waals surface area contributed by atoms with Gasteiger partial charge in [0.1, 0.15) is 0 Å². The fraction of sp³-hybridized carbons (Fsp3) is 0.190. The number of nitrogens with zero attached hydrogens (tertiary/aromatic N) is 3. The van der Waals surface area contributed by atoms with Gasteiger partial charge in [-0.3, -0.25) is 9.48 Å². The number of amides is 1. The number of carbonyl (C=O) groups excluding carboxylic acids is 1. The van der Waals surface area contributed by atoms with Gasteiger partial charge >= 0.3 is 0 Å². The maximum absolute atomic E-state index is 12.6. The van der Waals surface area contributed by atoms with Crippen LogP contribution in [0, 0.1) is 11.3 Å². The summed E-state index contributed by atoms with van der Waals surface area (Å²) >= 11 is 0. The lowest BCUT2D eigenvalue weighted by Gasteiger charge is -2.14. The highest BCUT2D eigenvalue weighted by molar-refractivity contribution is 6.01. The number of hydrogen-bond acceptors (Lipinski definition) is 3. The van der Waals surface area contributed by atoms with Crippen LogP contribution in [0.5, 0.6) is 0 Å². The van der Waals surface area contributed by atoms with Gasteiger partial charge in [-0.25, -0.2) is 0 Å². The van der Waals surface area contributed by atoms with Gasteiger partial charge in [0.15, 0.2) is 0 Å². The Morgan fingerprint density at radius 3 is 2.65 bits per heavy atom. The van der Waals surface area contributed by atoms with Crippen molar-refractivity contribution in [1.82, 2.24) is 15.1 Å². The normalized spacial score (nSPS) is 11.5. The first-order valence-corrected chi connectivity index (χ1v) is 8.51. The van der Waals surface area contributed by atoms with Crippen molar-refractivity contribution in [1.29, 1.82) is 5.26 Å². The van der Waals surface area contributed by atoms with Crippen molar-refractivity contribution in [2.24, 2.45) is 0 Å². The highest BCUT2D eigenvalue weighted by Gasteiger charge is 2.14. The van der Waals surface area contributed by atoms with E-state index in [-0.39, 0.29) is 18.4 Å². The number of carbonyl (C=O) groups is 1. The van der Waals surface area contributed by atoms with Crippen molar-refractivity contribution in [2.75, 3.05) is 0 Å². The first-order chi connectivity index (χ1) is 12.7. The first-order valence-electron chi connectivity index (χ1n) is 8.51. The maximum Gasteiger partial charge on any atom is 0.252 e. The van der Waals surface area contributed by atoms with Gasteiger partial charge in [0, 0.05) is 24.0 Å². The fourth-order valence-corrected chi connectivity index (χ4v) is 2.79. The van der Waals surface area contributed by atoms with Crippen LogP contribution in [0.1, 0.15) is 29.3 Å². The predicted molar refractivity (Wildman–Crippen MR) is 100 cm³/mol. The minimum atomic E-state index is -0.183. The van der Waals surface area contributed by atoms with Crippen LogP contribution in [0.2, 0.25) is 0 Å². The SMILES string of the molecule is CC(CC#N)NC(=O)c1ccccc1-c1ccc(Cn2cccn2)cc1. The van der Waals surface area contributed by atoms with E-state index in [0.29, 0.717) is 12.1 Å². The summed E-state index contributed by atoms with van der Waals surface area (Å²) in [4.78, 5) is 12.6. The van der Waals surface area contributed by atoms with Crippen molar-refractivity contribution in [3.8, 4) is 17.2 Å². The Balaban J connectivity index is 1.81. The van der Waals surface area contributed by atoms with Crippen LogP contribution in [0.4, 0.5) is 0 Å². The lowest BCUT2D eigenvalue weighted by atomic mass is 9.98. The molecule has 0 aliphatic rings. The largest absolute Gasteiger partial charge is 0.349 e. The van der Waals surface area contributed by atoms with Gasteiger partial charge in [-0.15, -0.1) is 0 Å². The van der Waals surface area contributed by atoms with Crippen molar-refractivity contribution in [3.05, 3.63) is 78.1 Å². The highest BCUT2D eigenvalue weighted by atomic mass is 16.1. The lowest BCUT2D eigenvalue weighted by molar-refractivity contribution is 0.0941. The zero-order valence-corrected chi connectivity index (χ0v) is 14.6. The zero-order valence-electron chi connectivity index (χ0n) is 14.6. The second-order valence-electron chi connectivity index (χ2n) is 6.18. The molecule has 2 aromatic carbocycles. The zero-order chi connectivity index (χ0) is 18.4. The molecule has 1 N–H and O–H groups in total. The molecule has 1 atom stereocenters. The Morgan fingerprint density at radius 1 is 1.19 bits per heavy atom. The third-order valence-electron chi connectivity index (χ3n) is 4.12. The van der Waals surface area contributed by atoms with Crippen molar-refractivity contribution < 1.29 is 4.79 Å². The summed E-state index contributed by atoms with van der Waals surface area (Å²) in [6, 6.07) is 19.4. The average Bonchev–Trinajstić information content (AvgIpc) is 3.15. The third kappa shape index (κ3) is 4.17. The molecular weight excluding hydrogens is 324 g/mol. The van der Waals surface area contributed by atoms with Crippen LogP contribution >= 0.6 is 0 Å². The molecule has 1 unspecified atom stereocenters. The Kier molecular flexibility index (Phi) is 5.45. The molecular formula is C21H20N4O. The van der Waals surface area contributed by atoms with Gasteiger partial charge in [0.05, 0.1) is 19.0 Å². The molecule has 0 aliphatic heterocycles. The molecule has 0 fully saturated rings. The van der Waals surface area contributed by atoms with E-state index in [1.807, 2.05) is 66.3 Å². The molecule has 130 valence electrons. The molecule has 0 radical (unpaired) electrons. The fourth-order valence-electron chi connectivity index (χ4n) is 2.79. The van der Waals surface area contributed by atoms with Crippen LogP contribution < -0.4 is 5.32 Å². The number of benzene rings is 2. The Hall–Kier alpha value is -3.39. The monoisotopic (exact) mass is 344 g/mol. The van der Waals surface area contributed by atoms with E-state index in [1.54, 1.807) is 12.3 Å². The van der Waals surface area contributed by atoms with Crippen LogP contribution in [0.25, 0.3) is 11.1 Å². The maximum atomic E-state index is 12.6. The van der Waals surface area contributed by atoms with E-state index in [4.69, 9.17) is 5.26 Å². The smallest absolute Gasteiger partial charge is 0.252 e. The van der Waals surface area contributed by atoms with Gasteiger partial charge in [-0.2, -0.15) is 10.4 Å². The predicted octanol–water partition coefficient (Wildman–Crippen LogP) is 3.63. The Labute approximate surface area is 152 Å². The Morgan fingerprint density at radius 2 is 1.96 bits per heavy atom. The molecule has 0 spiro atoms. The van der Waals surface area contributed by atoms with Crippen LogP contribution in [-0.2, 0) is 6.54 Å². The molecule has 0 bridgehead atoms. The highest BCUT2D eigenvalue weighted by Crippen LogP contribution is 2.24. The van der Waals surface area contributed by atoms with E-state index in [9.17, 15) is 4.79 Å². The molecule has 0 aliphatic carbocycles. The number of nitrogens with one attached hydrogen (secondary N) is 1. The summed E-state index contributed by atoms with van der Waals surface area (Å²) in [6.07, 6.45) is 3.97. The van der Waals surface area contributed by atoms with E-state index in [0.717, 1.165) is 16.7 Å². The molecule has 1 amide bonds. The first kappa shape index (κ1) is 17.4. The minimum absolute atomic E-state index is 0.163. The third-order valence-corrected chi connectivity index (χ3v) is 4.12. The number of hydrogen-bond donors (Lipinski definition) is 1. The quantitative estimate of drug-likeness (QED) is 0.742. The molecule has 26 heavy (non-hydrogen) atoms. The van der Waals surface area contributed by atoms with E-state index in [2.05, 4.69) is 16.5 Å². The second-order valence-corrected chi connectivity index (χ2v) is 6.18. The summed E-state index contributed by atoms with van der Waals surface area (Å²) in [7, 11) is 0. The minimum Gasteiger partial charge on any atom is -0.349 e. The van der Waals surface area contributed by atoms with Crippen LogP contribution in [-0.4, -0.2) is 21.7 Å². The van der Waals surface area contributed by atoms with Gasteiger partial charge in [-0.05, 0) is 35.7 Å². The summed E-state index contributed by atoms with van der Waals surface area (Å²) in [5.41, 5.74) is 3.60. The van der Waals surface area contributed by atoms with Gasteiger partial charge in [-0.1, -0.05) is 42.5 Å². The van der Waals surface area contributed by atoms with Crippen LogP contribution in [0.15, 0.2) is 67.0 Å². The standard InChI is InChI=1S/C21H20N4O/c1-16(11-12-22)24-21(26)20-6-3-2-5-19(20)18-9-7-17(8-10-18)15-25-14-4-13-23-25/h2-10,13-14,16H,11,15H2,1H3,(H,24,26). The lowest BCUT2D eigenvalue weighted by Crippen LogP contribution is -2.32. The number of aromatic nitrogens is 2. The van der Waals surface area contributed by atoms with E-state index < -0.39 is 0 Å². The Bertz CT molecular complexity index is 908. The molecule has 1 heterocycles. The summed E-state index contributed by atoms with van der Waals surface area (Å²) in [5, 5.41) is 15.9. The molecule has 5 nitrogen and oxygen atoms in total. The van der Waals surface area contributed by atoms with Crippen molar-refractivity contribution in [2.45, 2.75) is 25.9 Å². The van der Waals surface area contributed by atoms with Gasteiger partial charge in [0.25, 0.3) is 5.91 Å². The summed E-state index contributed by atoms with van der Waals surface area (Å²) in [5.74, 6) is -0.163. The number of nitriles is 1. The van der Waals surface area contributed by atoms with E-state index >= 15 is 0 Å². The molecule has 0 saturated heterocycles. The summed E-state index contributed by atoms with van der Waals surface area (Å²) < 4.78 is 1.87. The van der Waals surface area contributed by atoms with Gasteiger partial charge in [0.2, 0.25) is 0 Å². The second kappa shape index (κ2) is 8.13. The van der Waals surface area contributed by atoms with Crippen LogP contribution in [0.3, 0.4) is 0 Å². The molecule has 3 rings (SSSR count). The average molecular weight is 344 g/mol. The molecule has 1 aromatic heterocycles. The molecule has 0 saturated carbocycles. The van der Waals surface area contributed by atoms with E-state index in [1.165, 1.54) is 0 Å². The number of rotatable bonds is 6.